The van der Waals surface area contributed by atoms with Gasteiger partial charge in [0.2, 0.25) is 5.72 Å². The lowest BCUT2D eigenvalue weighted by molar-refractivity contribution is -0.995. The maximum Gasteiger partial charge on any atom is 0.335 e. The van der Waals surface area contributed by atoms with E-state index in [0.29, 0.717) is 0 Å². The van der Waals surface area contributed by atoms with Crippen molar-refractivity contribution in [2.75, 3.05) is 19.6 Å². The zero-order valence-corrected chi connectivity index (χ0v) is 14.4. The van der Waals surface area contributed by atoms with E-state index < -0.39 is 5.72 Å². The largest absolute Gasteiger partial charge is 0.407 e. The molecule has 0 bridgehead atoms. The second kappa shape index (κ2) is 9.17. The van der Waals surface area contributed by atoms with Crippen LogP contribution in [0.15, 0.2) is 12.2 Å². The molecule has 20 heavy (non-hydrogen) atoms. The molecule has 0 N–H and O–H groups in total. The minimum Gasteiger partial charge on any atom is -0.407 e. The Morgan fingerprint density at radius 3 is 1.80 bits per heavy atom. The van der Waals surface area contributed by atoms with Gasteiger partial charge in [0.1, 0.15) is 0 Å². The Balaban J connectivity index is 5.45. The molecule has 118 valence electrons. The van der Waals surface area contributed by atoms with E-state index in [2.05, 4.69) is 34.6 Å². The summed E-state index contributed by atoms with van der Waals surface area (Å²) in [6, 6.07) is 0. The summed E-state index contributed by atoms with van der Waals surface area (Å²) in [7, 11) is 0. The van der Waals surface area contributed by atoms with Gasteiger partial charge in [-0.25, -0.2) is 4.79 Å². The molecular formula is C17H34NO2+. The summed E-state index contributed by atoms with van der Waals surface area (Å²) in [6.07, 6.45) is 7.43. The standard InChI is InChI=1S/C17H34NO2/c1-7-12-16(19)20-17(6,11-5)18(13-8-2,14-9-3)15-10-4/h7,12H,8-11,13-15H2,1-6H3/q+1. The highest BCUT2D eigenvalue weighted by Crippen LogP contribution is 2.32. The van der Waals surface area contributed by atoms with Crippen molar-refractivity contribution in [2.24, 2.45) is 0 Å². The number of esters is 1. The minimum atomic E-state index is -0.432. The van der Waals surface area contributed by atoms with Crippen LogP contribution in [0.3, 0.4) is 0 Å². The summed E-state index contributed by atoms with van der Waals surface area (Å²) >= 11 is 0. The topological polar surface area (TPSA) is 26.3 Å². The number of carbonyl (C=O) groups is 1. The first-order valence-electron chi connectivity index (χ1n) is 8.17. The van der Waals surface area contributed by atoms with Crippen LogP contribution in [0, 0.1) is 0 Å². The zero-order valence-electron chi connectivity index (χ0n) is 14.4. The molecule has 0 aliphatic rings. The molecule has 1 unspecified atom stereocenters. The van der Waals surface area contributed by atoms with Crippen molar-refractivity contribution in [3.63, 3.8) is 0 Å². The molecule has 0 fully saturated rings. The summed E-state index contributed by atoms with van der Waals surface area (Å²) in [6.45, 7) is 15.9. The molecular weight excluding hydrogens is 250 g/mol. The van der Waals surface area contributed by atoms with E-state index in [4.69, 9.17) is 4.74 Å². The van der Waals surface area contributed by atoms with Gasteiger partial charge < -0.3 is 4.74 Å². The van der Waals surface area contributed by atoms with Crippen LogP contribution in [0.2, 0.25) is 0 Å². The highest BCUT2D eigenvalue weighted by Gasteiger charge is 2.47. The number of quaternary nitrogens is 1. The average molecular weight is 284 g/mol. The summed E-state index contributed by atoms with van der Waals surface area (Å²) in [5.41, 5.74) is -0.432. The molecule has 0 aliphatic carbocycles. The Morgan fingerprint density at radius 2 is 1.50 bits per heavy atom. The van der Waals surface area contributed by atoms with Gasteiger partial charge >= 0.3 is 5.97 Å². The lowest BCUT2D eigenvalue weighted by atomic mass is 10.0. The van der Waals surface area contributed by atoms with Gasteiger partial charge in [0.15, 0.2) is 0 Å². The van der Waals surface area contributed by atoms with Crippen molar-refractivity contribution >= 4 is 5.97 Å². The second-order valence-corrected chi connectivity index (χ2v) is 5.77. The van der Waals surface area contributed by atoms with Crippen LogP contribution < -0.4 is 0 Å². The van der Waals surface area contributed by atoms with Crippen molar-refractivity contribution < 1.29 is 14.0 Å². The zero-order chi connectivity index (χ0) is 15.6. The molecule has 0 saturated heterocycles. The van der Waals surface area contributed by atoms with Crippen LogP contribution in [0.5, 0.6) is 0 Å². The van der Waals surface area contributed by atoms with E-state index in [9.17, 15) is 4.79 Å². The highest BCUT2D eigenvalue weighted by atomic mass is 16.6. The summed E-state index contributed by atoms with van der Waals surface area (Å²) in [5, 5.41) is 0. The quantitative estimate of drug-likeness (QED) is 0.259. The molecule has 0 aromatic carbocycles. The molecule has 0 spiro atoms. The minimum absolute atomic E-state index is 0.220. The summed E-state index contributed by atoms with van der Waals surface area (Å²) < 4.78 is 6.78. The first-order chi connectivity index (χ1) is 9.45. The van der Waals surface area contributed by atoms with Crippen molar-refractivity contribution in [3.05, 3.63) is 12.2 Å². The molecule has 1 atom stereocenters. The first kappa shape index (κ1) is 19.2. The fourth-order valence-electron chi connectivity index (χ4n) is 3.22. The molecule has 0 aromatic heterocycles. The molecule has 0 heterocycles. The molecule has 0 radical (unpaired) electrons. The molecule has 0 saturated carbocycles. The first-order valence-corrected chi connectivity index (χ1v) is 8.17. The van der Waals surface area contributed by atoms with Crippen molar-refractivity contribution in [1.82, 2.24) is 0 Å². The fraction of sp³-hybridized carbons (Fsp3) is 0.824. The van der Waals surface area contributed by atoms with Crippen LogP contribution >= 0.6 is 0 Å². The Bertz CT molecular complexity index is 295. The van der Waals surface area contributed by atoms with Gasteiger partial charge in [-0.15, -0.1) is 0 Å². The van der Waals surface area contributed by atoms with Crippen LogP contribution in [0.4, 0.5) is 0 Å². The third-order valence-electron chi connectivity index (χ3n) is 4.24. The summed E-state index contributed by atoms with van der Waals surface area (Å²) in [5.74, 6) is -0.220. The maximum absolute atomic E-state index is 12.0. The van der Waals surface area contributed by atoms with Crippen molar-refractivity contribution in [2.45, 2.75) is 73.0 Å². The SMILES string of the molecule is CC=CC(=O)OC(C)(CC)[N+](CCC)(CCC)CCC. The van der Waals surface area contributed by atoms with E-state index >= 15 is 0 Å². The third-order valence-corrected chi connectivity index (χ3v) is 4.24. The van der Waals surface area contributed by atoms with Crippen LogP contribution in [-0.4, -0.2) is 35.8 Å². The molecule has 0 amide bonds. The lowest BCUT2D eigenvalue weighted by Crippen LogP contribution is -2.65. The van der Waals surface area contributed by atoms with E-state index in [1.807, 2.05) is 6.92 Å². The van der Waals surface area contributed by atoms with Gasteiger partial charge in [0, 0.05) is 19.4 Å². The van der Waals surface area contributed by atoms with Crippen LogP contribution in [-0.2, 0) is 9.53 Å². The Labute approximate surface area is 125 Å². The van der Waals surface area contributed by atoms with Gasteiger partial charge in [0.05, 0.1) is 19.6 Å². The Morgan fingerprint density at radius 1 is 1.05 bits per heavy atom. The fourth-order valence-corrected chi connectivity index (χ4v) is 3.22. The van der Waals surface area contributed by atoms with Gasteiger partial charge in [0.25, 0.3) is 0 Å². The number of hydrogen-bond donors (Lipinski definition) is 0. The smallest absolute Gasteiger partial charge is 0.335 e. The van der Waals surface area contributed by atoms with Crippen molar-refractivity contribution in [1.29, 1.82) is 0 Å². The average Bonchev–Trinajstić information content (AvgIpc) is 2.39. The Hall–Kier alpha value is -0.830. The molecule has 0 aliphatic heterocycles. The second-order valence-electron chi connectivity index (χ2n) is 5.77. The molecule has 0 rings (SSSR count). The van der Waals surface area contributed by atoms with E-state index in [1.54, 1.807) is 6.08 Å². The number of hydrogen-bond acceptors (Lipinski definition) is 2. The van der Waals surface area contributed by atoms with Gasteiger partial charge in [-0.1, -0.05) is 33.8 Å². The normalized spacial score (nSPS) is 15.3. The predicted molar refractivity (Wildman–Crippen MR) is 85.3 cm³/mol. The van der Waals surface area contributed by atoms with Gasteiger partial charge in [-0.05, 0) is 26.2 Å². The van der Waals surface area contributed by atoms with E-state index in [0.717, 1.165) is 49.8 Å². The number of rotatable bonds is 10. The number of carbonyl (C=O) groups excluding carboxylic acids is 1. The Kier molecular flexibility index (Phi) is 8.79. The number of allylic oxidation sites excluding steroid dienone is 1. The molecule has 3 heteroatoms. The van der Waals surface area contributed by atoms with Crippen LogP contribution in [0.25, 0.3) is 0 Å². The third kappa shape index (κ3) is 4.62. The lowest BCUT2D eigenvalue weighted by Gasteiger charge is -2.50. The monoisotopic (exact) mass is 284 g/mol. The van der Waals surface area contributed by atoms with Gasteiger partial charge in [-0.2, -0.15) is 0 Å². The summed E-state index contributed by atoms with van der Waals surface area (Å²) in [4.78, 5) is 12.0. The van der Waals surface area contributed by atoms with Gasteiger partial charge in [-0.3, -0.25) is 4.48 Å². The number of nitrogens with zero attached hydrogens (tertiary/aromatic N) is 1. The number of ether oxygens (including phenoxy) is 1. The highest BCUT2D eigenvalue weighted by molar-refractivity contribution is 5.82. The van der Waals surface area contributed by atoms with E-state index in [-0.39, 0.29) is 5.97 Å². The predicted octanol–water partition coefficient (Wildman–Crippen LogP) is 4.28. The maximum atomic E-state index is 12.0. The van der Waals surface area contributed by atoms with Crippen molar-refractivity contribution in [3.8, 4) is 0 Å². The molecule has 3 nitrogen and oxygen atoms in total. The molecule has 0 aromatic rings. The van der Waals surface area contributed by atoms with Crippen LogP contribution in [0.1, 0.15) is 67.2 Å². The van der Waals surface area contributed by atoms with E-state index in [1.165, 1.54) is 6.08 Å².